The molecule has 0 aliphatic rings. The highest BCUT2D eigenvalue weighted by Crippen LogP contribution is 2.15. The zero-order valence-corrected chi connectivity index (χ0v) is 14.3. The molecule has 1 N–H and O–H groups in total. The summed E-state index contributed by atoms with van der Waals surface area (Å²) in [7, 11) is 0. The average Bonchev–Trinajstić information content (AvgIpc) is 2.49. The Morgan fingerprint density at radius 3 is 2.35 bits per heavy atom. The maximum Gasteiger partial charge on any atom is 0.230 e. The highest BCUT2D eigenvalue weighted by Gasteiger charge is 2.20. The number of thioether (sulfide) groups is 1. The summed E-state index contributed by atoms with van der Waals surface area (Å²) in [6.45, 7) is 4.06. The summed E-state index contributed by atoms with van der Waals surface area (Å²) < 4.78 is 12.8. The largest absolute Gasteiger partial charge is 0.350 e. The Labute approximate surface area is 141 Å². The molecule has 0 aliphatic carbocycles. The molecule has 0 aliphatic heterocycles. The number of amides is 1. The Kier molecular flexibility index (Phi) is 6.22. The lowest BCUT2D eigenvalue weighted by atomic mass is 9.95. The van der Waals surface area contributed by atoms with Crippen LogP contribution in [0.25, 0.3) is 0 Å². The minimum absolute atomic E-state index is 0.0260. The molecule has 0 bridgehead atoms. The highest BCUT2D eigenvalue weighted by atomic mass is 32.2. The van der Waals surface area contributed by atoms with E-state index < -0.39 is 0 Å². The van der Waals surface area contributed by atoms with Crippen molar-refractivity contribution in [2.45, 2.75) is 31.6 Å². The van der Waals surface area contributed by atoms with E-state index in [0.717, 1.165) is 12.0 Å². The molecule has 2 rings (SSSR count). The first-order chi connectivity index (χ1) is 10.9. The van der Waals surface area contributed by atoms with Gasteiger partial charge in [-0.25, -0.2) is 4.39 Å². The number of halogens is 1. The van der Waals surface area contributed by atoms with Crippen molar-refractivity contribution in [3.05, 3.63) is 71.5 Å². The summed E-state index contributed by atoms with van der Waals surface area (Å²) in [5, 5.41) is 3.08. The lowest BCUT2D eigenvalue weighted by molar-refractivity contribution is -0.120. The highest BCUT2D eigenvalue weighted by molar-refractivity contribution is 7.99. The van der Waals surface area contributed by atoms with E-state index in [9.17, 15) is 9.18 Å². The van der Waals surface area contributed by atoms with Crippen molar-refractivity contribution in [3.8, 4) is 0 Å². The number of hydrogen-bond acceptors (Lipinski definition) is 2. The molecular formula is C19H22FNOS. The van der Waals surface area contributed by atoms with E-state index in [2.05, 4.69) is 17.4 Å². The van der Waals surface area contributed by atoms with Gasteiger partial charge < -0.3 is 5.32 Å². The Hall–Kier alpha value is -1.81. The zero-order valence-electron chi connectivity index (χ0n) is 13.5. The molecule has 0 atom stereocenters. The molecule has 2 aromatic rings. The van der Waals surface area contributed by atoms with Crippen LogP contribution < -0.4 is 5.32 Å². The maximum atomic E-state index is 12.8. The van der Waals surface area contributed by atoms with E-state index in [4.69, 9.17) is 0 Å². The fourth-order valence-corrected chi connectivity index (χ4v) is 3.19. The molecule has 2 nitrogen and oxygen atoms in total. The third-order valence-electron chi connectivity index (χ3n) is 3.38. The smallest absolute Gasteiger partial charge is 0.230 e. The Morgan fingerprint density at radius 2 is 1.70 bits per heavy atom. The third kappa shape index (κ3) is 6.45. The van der Waals surface area contributed by atoms with Crippen molar-refractivity contribution in [1.29, 1.82) is 0 Å². The quantitative estimate of drug-likeness (QED) is 0.824. The number of hydrogen-bond donors (Lipinski definition) is 1. The number of carbonyl (C=O) groups is 1. The van der Waals surface area contributed by atoms with Gasteiger partial charge in [-0.1, -0.05) is 42.5 Å². The maximum absolute atomic E-state index is 12.8. The summed E-state index contributed by atoms with van der Waals surface area (Å²) in [6.07, 6.45) is 0.794. The average molecular weight is 331 g/mol. The lowest BCUT2D eigenvalue weighted by Crippen LogP contribution is -2.45. The van der Waals surface area contributed by atoms with Crippen LogP contribution in [0, 0.1) is 5.82 Å². The van der Waals surface area contributed by atoms with Gasteiger partial charge in [0, 0.05) is 11.3 Å². The first kappa shape index (κ1) is 17.5. The number of rotatable bonds is 7. The summed E-state index contributed by atoms with van der Waals surface area (Å²) in [4.78, 5) is 12.1. The molecule has 0 aromatic heterocycles. The van der Waals surface area contributed by atoms with Crippen molar-refractivity contribution in [2.24, 2.45) is 0 Å². The van der Waals surface area contributed by atoms with Gasteiger partial charge in [0.2, 0.25) is 5.91 Å². The van der Waals surface area contributed by atoms with Gasteiger partial charge in [-0.2, -0.15) is 0 Å². The van der Waals surface area contributed by atoms with E-state index >= 15 is 0 Å². The summed E-state index contributed by atoms with van der Waals surface area (Å²) in [5.74, 6) is 0.889. The van der Waals surface area contributed by atoms with E-state index in [1.165, 1.54) is 29.5 Å². The second-order valence-corrected chi connectivity index (χ2v) is 7.20. The molecule has 0 saturated carbocycles. The van der Waals surface area contributed by atoms with Gasteiger partial charge in [-0.15, -0.1) is 11.8 Å². The first-order valence-corrected chi connectivity index (χ1v) is 8.77. The molecule has 1 amide bonds. The van der Waals surface area contributed by atoms with Crippen molar-refractivity contribution >= 4 is 17.7 Å². The topological polar surface area (TPSA) is 29.1 Å². The molecule has 4 heteroatoms. The van der Waals surface area contributed by atoms with Crippen LogP contribution in [0.15, 0.2) is 54.6 Å². The van der Waals surface area contributed by atoms with Crippen molar-refractivity contribution in [3.63, 3.8) is 0 Å². The van der Waals surface area contributed by atoms with Gasteiger partial charge in [0.15, 0.2) is 0 Å². The van der Waals surface area contributed by atoms with Crippen LogP contribution in [0.5, 0.6) is 0 Å². The molecule has 122 valence electrons. The Bertz CT molecular complexity index is 626. The van der Waals surface area contributed by atoms with Crippen molar-refractivity contribution < 1.29 is 9.18 Å². The second kappa shape index (κ2) is 8.16. The lowest BCUT2D eigenvalue weighted by Gasteiger charge is -2.26. The predicted octanol–water partition coefficient (Wildman–Crippen LogP) is 4.20. The molecule has 2 aromatic carbocycles. The Morgan fingerprint density at radius 1 is 1.04 bits per heavy atom. The van der Waals surface area contributed by atoms with E-state index in [1.54, 1.807) is 12.1 Å². The molecule has 0 spiro atoms. The summed E-state index contributed by atoms with van der Waals surface area (Å²) in [5.41, 5.74) is 1.94. The molecular weight excluding hydrogens is 309 g/mol. The van der Waals surface area contributed by atoms with E-state index in [1.807, 2.05) is 32.0 Å². The van der Waals surface area contributed by atoms with Crippen LogP contribution in [0.3, 0.4) is 0 Å². The Balaban J connectivity index is 1.76. The van der Waals surface area contributed by atoms with Gasteiger partial charge in [0.25, 0.3) is 0 Å². The molecule has 0 heterocycles. The summed E-state index contributed by atoms with van der Waals surface area (Å²) >= 11 is 1.53. The van der Waals surface area contributed by atoms with Crippen LogP contribution in [0.1, 0.15) is 25.0 Å². The van der Waals surface area contributed by atoms with Crippen LogP contribution in [-0.2, 0) is 17.0 Å². The summed E-state index contributed by atoms with van der Waals surface area (Å²) in [6, 6.07) is 16.5. The minimum atomic E-state index is -0.283. The van der Waals surface area contributed by atoms with Crippen molar-refractivity contribution in [1.82, 2.24) is 5.32 Å². The number of nitrogens with one attached hydrogen (secondary N) is 1. The SMILES string of the molecule is CC(C)(Cc1ccccc1)NC(=O)CSCc1ccc(F)cc1. The zero-order chi connectivity index (χ0) is 16.7. The minimum Gasteiger partial charge on any atom is -0.350 e. The van der Waals surface area contributed by atoms with Gasteiger partial charge in [0.05, 0.1) is 5.75 Å². The standard InChI is InChI=1S/C19H22FNOS/c1-19(2,12-15-6-4-3-5-7-15)21-18(22)14-23-13-16-8-10-17(20)11-9-16/h3-11H,12-14H2,1-2H3,(H,21,22). The molecule has 0 unspecified atom stereocenters. The number of benzene rings is 2. The normalized spacial score (nSPS) is 11.3. The van der Waals surface area contributed by atoms with Gasteiger partial charge >= 0.3 is 0 Å². The second-order valence-electron chi connectivity index (χ2n) is 6.21. The van der Waals surface area contributed by atoms with Gasteiger partial charge in [0.1, 0.15) is 5.82 Å². The fourth-order valence-electron chi connectivity index (χ4n) is 2.41. The monoisotopic (exact) mass is 331 g/mol. The van der Waals surface area contributed by atoms with E-state index in [0.29, 0.717) is 11.5 Å². The molecule has 23 heavy (non-hydrogen) atoms. The van der Waals surface area contributed by atoms with E-state index in [-0.39, 0.29) is 17.3 Å². The fraction of sp³-hybridized carbons (Fsp3) is 0.316. The van der Waals surface area contributed by atoms with Crippen molar-refractivity contribution in [2.75, 3.05) is 5.75 Å². The molecule has 0 radical (unpaired) electrons. The first-order valence-electron chi connectivity index (χ1n) is 7.62. The van der Waals surface area contributed by atoms with Gasteiger partial charge in [-0.05, 0) is 43.5 Å². The van der Waals surface area contributed by atoms with Crippen LogP contribution in [-0.4, -0.2) is 17.2 Å². The van der Waals surface area contributed by atoms with Gasteiger partial charge in [-0.3, -0.25) is 4.79 Å². The predicted molar refractivity (Wildman–Crippen MR) is 94.9 cm³/mol. The van der Waals surface area contributed by atoms with Crippen LogP contribution >= 0.6 is 11.8 Å². The van der Waals surface area contributed by atoms with Crippen LogP contribution in [0.2, 0.25) is 0 Å². The third-order valence-corrected chi connectivity index (χ3v) is 4.39. The molecule has 0 fully saturated rings. The molecule has 0 saturated heterocycles. The number of carbonyl (C=O) groups excluding carboxylic acids is 1. The van der Waals surface area contributed by atoms with Crippen LogP contribution in [0.4, 0.5) is 4.39 Å².